The zero-order valence-electron chi connectivity index (χ0n) is 17.1. The Labute approximate surface area is 183 Å². The molecule has 2 N–H and O–H groups in total. The standard InChI is InChI=1S/C23H21ClFN5O/c1-13-15(11-29-30(13)14-8-23(2,31)9-14)22-21(19-6-7-26-12-28-19)16(10-27-22)20-17(24)4-3-5-18(20)25/h3-7,10-12,14,27,31H,8-9H2,1-2H3. The SMILES string of the molecule is Cc1c(-c2[nH]cc(-c3c(F)cccc3Cl)c2-c2ccncn2)cnn1C1CC(C)(O)C1. The Kier molecular flexibility index (Phi) is 4.68. The molecule has 0 bridgehead atoms. The molecule has 0 spiro atoms. The molecular weight excluding hydrogens is 417 g/mol. The number of rotatable bonds is 4. The molecule has 5 rings (SSSR count). The molecular formula is C23H21ClFN5O. The van der Waals surface area contributed by atoms with Crippen LogP contribution >= 0.6 is 11.6 Å². The van der Waals surface area contributed by atoms with Crippen molar-refractivity contribution in [3.8, 4) is 33.6 Å². The second kappa shape index (κ2) is 7.28. The molecule has 0 atom stereocenters. The molecule has 1 aromatic carbocycles. The van der Waals surface area contributed by atoms with Gasteiger partial charge in [0.2, 0.25) is 0 Å². The molecule has 1 fully saturated rings. The van der Waals surface area contributed by atoms with Gasteiger partial charge in [-0.2, -0.15) is 5.10 Å². The lowest BCUT2D eigenvalue weighted by atomic mass is 9.77. The molecule has 0 amide bonds. The molecule has 6 nitrogen and oxygen atoms in total. The van der Waals surface area contributed by atoms with Crippen molar-refractivity contribution in [2.24, 2.45) is 0 Å². The number of H-pyrrole nitrogens is 1. The molecule has 3 aromatic heterocycles. The van der Waals surface area contributed by atoms with Crippen LogP contribution in [0.4, 0.5) is 4.39 Å². The molecule has 31 heavy (non-hydrogen) atoms. The number of hydrogen-bond donors (Lipinski definition) is 2. The molecule has 1 aliphatic rings. The number of aliphatic hydroxyl groups is 1. The molecule has 0 saturated heterocycles. The summed E-state index contributed by atoms with van der Waals surface area (Å²) in [6, 6.07) is 6.59. The molecule has 4 aromatic rings. The first-order valence-electron chi connectivity index (χ1n) is 10.0. The third-order valence-corrected chi connectivity index (χ3v) is 6.28. The van der Waals surface area contributed by atoms with E-state index in [-0.39, 0.29) is 6.04 Å². The number of nitrogens with one attached hydrogen (secondary N) is 1. The first-order valence-corrected chi connectivity index (χ1v) is 10.4. The van der Waals surface area contributed by atoms with Crippen molar-refractivity contribution >= 4 is 11.6 Å². The third-order valence-electron chi connectivity index (χ3n) is 5.96. The van der Waals surface area contributed by atoms with E-state index in [1.165, 1.54) is 12.4 Å². The predicted octanol–water partition coefficient (Wildman–Crippen LogP) is 5.19. The maximum Gasteiger partial charge on any atom is 0.132 e. The van der Waals surface area contributed by atoms with Crippen LogP contribution < -0.4 is 0 Å². The zero-order chi connectivity index (χ0) is 21.8. The molecule has 1 saturated carbocycles. The van der Waals surface area contributed by atoms with Crippen molar-refractivity contribution in [3.63, 3.8) is 0 Å². The molecule has 158 valence electrons. The van der Waals surface area contributed by atoms with Gasteiger partial charge in [0.25, 0.3) is 0 Å². The van der Waals surface area contributed by atoms with Crippen molar-refractivity contribution in [3.05, 3.63) is 65.7 Å². The van der Waals surface area contributed by atoms with Crippen LogP contribution in [0.25, 0.3) is 33.6 Å². The number of nitrogens with zero attached hydrogens (tertiary/aromatic N) is 4. The first kappa shape index (κ1) is 19.9. The summed E-state index contributed by atoms with van der Waals surface area (Å²) in [5.74, 6) is -0.405. The Morgan fingerprint density at radius 3 is 2.71 bits per heavy atom. The van der Waals surface area contributed by atoms with Crippen LogP contribution in [0.15, 0.2) is 49.2 Å². The number of hydrogen-bond acceptors (Lipinski definition) is 4. The Morgan fingerprint density at radius 2 is 2.03 bits per heavy atom. The van der Waals surface area contributed by atoms with E-state index >= 15 is 0 Å². The van der Waals surface area contributed by atoms with E-state index in [0.717, 1.165) is 22.5 Å². The number of halogens is 2. The van der Waals surface area contributed by atoms with E-state index in [0.29, 0.717) is 34.7 Å². The predicted molar refractivity (Wildman–Crippen MR) is 117 cm³/mol. The van der Waals surface area contributed by atoms with Crippen LogP contribution in [0.1, 0.15) is 31.5 Å². The van der Waals surface area contributed by atoms with Gasteiger partial charge in [0.05, 0.1) is 34.3 Å². The van der Waals surface area contributed by atoms with Gasteiger partial charge in [-0.15, -0.1) is 0 Å². The van der Waals surface area contributed by atoms with E-state index in [1.807, 2.05) is 18.5 Å². The fraction of sp³-hybridized carbons (Fsp3) is 0.261. The lowest BCUT2D eigenvalue weighted by molar-refractivity contribution is -0.0548. The summed E-state index contributed by atoms with van der Waals surface area (Å²) in [6.45, 7) is 3.83. The highest BCUT2D eigenvalue weighted by molar-refractivity contribution is 6.33. The minimum absolute atomic E-state index is 0.154. The smallest absolute Gasteiger partial charge is 0.132 e. The highest BCUT2D eigenvalue weighted by Gasteiger charge is 2.40. The highest BCUT2D eigenvalue weighted by Crippen LogP contribution is 2.45. The quantitative estimate of drug-likeness (QED) is 0.460. The Bertz CT molecular complexity index is 1240. The van der Waals surface area contributed by atoms with Crippen molar-refractivity contribution in [2.75, 3.05) is 0 Å². The van der Waals surface area contributed by atoms with Crippen LogP contribution in [-0.2, 0) is 0 Å². The van der Waals surface area contributed by atoms with Crippen LogP contribution in [0.2, 0.25) is 5.02 Å². The van der Waals surface area contributed by atoms with Gasteiger partial charge in [-0.1, -0.05) is 17.7 Å². The zero-order valence-corrected chi connectivity index (χ0v) is 17.9. The molecule has 0 aliphatic heterocycles. The van der Waals surface area contributed by atoms with Crippen LogP contribution in [0.5, 0.6) is 0 Å². The summed E-state index contributed by atoms with van der Waals surface area (Å²) in [6.07, 6.45) is 7.99. The normalized spacial score (nSPS) is 20.6. The monoisotopic (exact) mass is 437 g/mol. The Morgan fingerprint density at radius 1 is 1.23 bits per heavy atom. The maximum absolute atomic E-state index is 14.8. The lowest BCUT2D eigenvalue weighted by Crippen LogP contribution is -2.42. The first-order chi connectivity index (χ1) is 14.9. The van der Waals surface area contributed by atoms with Crippen LogP contribution in [-0.4, -0.2) is 35.4 Å². The second-order valence-electron chi connectivity index (χ2n) is 8.29. The van der Waals surface area contributed by atoms with Crippen LogP contribution in [0.3, 0.4) is 0 Å². The largest absolute Gasteiger partial charge is 0.390 e. The Balaban J connectivity index is 1.68. The third kappa shape index (κ3) is 3.34. The summed E-state index contributed by atoms with van der Waals surface area (Å²) in [4.78, 5) is 11.7. The molecule has 8 heteroatoms. The van der Waals surface area contributed by atoms with Gasteiger partial charge < -0.3 is 10.1 Å². The van der Waals surface area contributed by atoms with Crippen LogP contribution in [0, 0.1) is 12.7 Å². The van der Waals surface area contributed by atoms with E-state index in [1.54, 1.807) is 36.8 Å². The summed E-state index contributed by atoms with van der Waals surface area (Å²) < 4.78 is 16.7. The van der Waals surface area contributed by atoms with Crippen molar-refractivity contribution in [2.45, 2.75) is 38.3 Å². The average Bonchev–Trinajstić information content (AvgIpc) is 3.30. The van der Waals surface area contributed by atoms with Gasteiger partial charge in [0.1, 0.15) is 12.1 Å². The van der Waals surface area contributed by atoms with E-state index in [4.69, 9.17) is 11.6 Å². The van der Waals surface area contributed by atoms with Crippen molar-refractivity contribution in [1.82, 2.24) is 24.7 Å². The van der Waals surface area contributed by atoms with Gasteiger partial charge in [-0.25, -0.2) is 14.4 Å². The van der Waals surface area contributed by atoms with Gasteiger partial charge in [-0.3, -0.25) is 4.68 Å². The van der Waals surface area contributed by atoms with Gasteiger partial charge in [0, 0.05) is 40.3 Å². The molecule has 0 radical (unpaired) electrons. The van der Waals surface area contributed by atoms with E-state index < -0.39 is 11.4 Å². The lowest BCUT2D eigenvalue weighted by Gasteiger charge is -2.41. The maximum atomic E-state index is 14.8. The Hall–Kier alpha value is -3.03. The second-order valence-corrected chi connectivity index (χ2v) is 8.70. The minimum Gasteiger partial charge on any atom is -0.390 e. The summed E-state index contributed by atoms with van der Waals surface area (Å²) in [5, 5.41) is 15.0. The topological polar surface area (TPSA) is 79.6 Å². The number of benzene rings is 1. The highest BCUT2D eigenvalue weighted by atomic mass is 35.5. The fourth-order valence-electron chi connectivity index (χ4n) is 4.46. The van der Waals surface area contributed by atoms with Gasteiger partial charge in [-0.05, 0) is 44.9 Å². The summed E-state index contributed by atoms with van der Waals surface area (Å²) >= 11 is 6.38. The van der Waals surface area contributed by atoms with Gasteiger partial charge in [0.15, 0.2) is 0 Å². The van der Waals surface area contributed by atoms with Crippen molar-refractivity contribution < 1.29 is 9.50 Å². The minimum atomic E-state index is -0.642. The summed E-state index contributed by atoms with van der Waals surface area (Å²) in [5.41, 5.74) is 4.31. The molecule has 1 aliphatic carbocycles. The van der Waals surface area contributed by atoms with E-state index in [2.05, 4.69) is 20.1 Å². The summed E-state index contributed by atoms with van der Waals surface area (Å²) in [7, 11) is 0. The number of aromatic amines is 1. The number of aromatic nitrogens is 5. The van der Waals surface area contributed by atoms with Crippen molar-refractivity contribution in [1.29, 1.82) is 0 Å². The van der Waals surface area contributed by atoms with Gasteiger partial charge >= 0.3 is 0 Å². The average molecular weight is 438 g/mol. The fourth-order valence-corrected chi connectivity index (χ4v) is 4.72. The molecule has 0 unspecified atom stereocenters. The van der Waals surface area contributed by atoms with E-state index in [9.17, 15) is 9.50 Å². The molecule has 3 heterocycles.